The van der Waals surface area contributed by atoms with E-state index < -0.39 is 11.7 Å². The van der Waals surface area contributed by atoms with Gasteiger partial charge < -0.3 is 10.1 Å². The van der Waals surface area contributed by atoms with Crippen molar-refractivity contribution in [2.75, 3.05) is 11.9 Å². The van der Waals surface area contributed by atoms with E-state index >= 15 is 0 Å². The van der Waals surface area contributed by atoms with Crippen molar-refractivity contribution < 1.29 is 13.9 Å². The first-order valence-electron chi connectivity index (χ1n) is 6.51. The summed E-state index contributed by atoms with van der Waals surface area (Å²) < 4.78 is 19.1. The van der Waals surface area contributed by atoms with Gasteiger partial charge in [0.2, 0.25) is 0 Å². The summed E-state index contributed by atoms with van der Waals surface area (Å²) in [6, 6.07) is 9.35. The second kappa shape index (κ2) is 6.59. The maximum absolute atomic E-state index is 13.7. The van der Waals surface area contributed by atoms with E-state index in [1.807, 2.05) is 13.8 Å². The first-order chi connectivity index (χ1) is 10.0. The van der Waals surface area contributed by atoms with Crippen molar-refractivity contribution in [1.29, 1.82) is 0 Å². The highest BCUT2D eigenvalue weighted by Gasteiger charge is 2.16. The molecule has 0 heterocycles. The molecule has 0 fully saturated rings. The van der Waals surface area contributed by atoms with Crippen molar-refractivity contribution in [2.24, 2.45) is 0 Å². The molecule has 1 amide bonds. The van der Waals surface area contributed by atoms with Gasteiger partial charge in [-0.2, -0.15) is 0 Å². The van der Waals surface area contributed by atoms with Crippen LogP contribution in [-0.4, -0.2) is 12.5 Å². The fourth-order valence-electron chi connectivity index (χ4n) is 1.95. The molecule has 0 saturated heterocycles. The predicted molar refractivity (Wildman–Crippen MR) is 81.7 cm³/mol. The predicted octanol–water partition coefficient (Wildman–Crippen LogP) is 4.44. The number of amides is 1. The number of hydrogen-bond acceptors (Lipinski definition) is 2. The Morgan fingerprint density at radius 1 is 1.33 bits per heavy atom. The molecule has 2 aromatic rings. The summed E-state index contributed by atoms with van der Waals surface area (Å²) in [5, 5.41) is 2.71. The van der Waals surface area contributed by atoms with Crippen LogP contribution in [0, 0.1) is 12.7 Å². The van der Waals surface area contributed by atoms with Gasteiger partial charge in [-0.05, 0) is 49.7 Å². The van der Waals surface area contributed by atoms with E-state index in [-0.39, 0.29) is 10.6 Å². The van der Waals surface area contributed by atoms with Crippen LogP contribution in [-0.2, 0) is 0 Å². The number of aryl methyl sites for hydroxylation is 1. The van der Waals surface area contributed by atoms with Crippen molar-refractivity contribution in [1.82, 2.24) is 0 Å². The Hall–Kier alpha value is -2.07. The molecule has 5 heteroatoms. The summed E-state index contributed by atoms with van der Waals surface area (Å²) in [4.78, 5) is 12.1. The van der Waals surface area contributed by atoms with Crippen LogP contribution in [0.5, 0.6) is 5.75 Å². The van der Waals surface area contributed by atoms with Crippen molar-refractivity contribution in [3.8, 4) is 5.75 Å². The van der Waals surface area contributed by atoms with Gasteiger partial charge in [0.1, 0.15) is 11.6 Å². The number of rotatable bonds is 4. The van der Waals surface area contributed by atoms with Crippen LogP contribution in [0.25, 0.3) is 0 Å². The van der Waals surface area contributed by atoms with Crippen molar-refractivity contribution in [3.05, 3.63) is 58.4 Å². The maximum atomic E-state index is 13.7. The Balaban J connectivity index is 2.22. The SMILES string of the molecule is CCOc1ccc(NC(=O)c2c(F)cccc2Cl)cc1C. The number of nitrogens with one attached hydrogen (secondary N) is 1. The van der Waals surface area contributed by atoms with E-state index in [0.717, 1.165) is 11.3 Å². The molecule has 0 atom stereocenters. The number of hydrogen-bond donors (Lipinski definition) is 1. The number of carbonyl (C=O) groups is 1. The Labute approximate surface area is 127 Å². The van der Waals surface area contributed by atoms with Crippen molar-refractivity contribution >= 4 is 23.2 Å². The van der Waals surface area contributed by atoms with Crippen LogP contribution in [0.4, 0.5) is 10.1 Å². The average Bonchev–Trinajstić information content (AvgIpc) is 2.42. The molecule has 0 aromatic heterocycles. The van der Waals surface area contributed by atoms with Gasteiger partial charge in [0.25, 0.3) is 5.91 Å². The van der Waals surface area contributed by atoms with Crippen LogP contribution in [0.3, 0.4) is 0 Å². The lowest BCUT2D eigenvalue weighted by Gasteiger charge is -2.11. The lowest BCUT2D eigenvalue weighted by molar-refractivity contribution is 0.102. The molecule has 1 N–H and O–H groups in total. The Morgan fingerprint density at radius 3 is 2.71 bits per heavy atom. The van der Waals surface area contributed by atoms with Gasteiger partial charge in [0, 0.05) is 5.69 Å². The number of carbonyl (C=O) groups excluding carboxylic acids is 1. The van der Waals surface area contributed by atoms with E-state index in [1.165, 1.54) is 18.2 Å². The van der Waals surface area contributed by atoms with E-state index in [4.69, 9.17) is 16.3 Å². The lowest BCUT2D eigenvalue weighted by atomic mass is 10.1. The summed E-state index contributed by atoms with van der Waals surface area (Å²) in [6.45, 7) is 4.34. The zero-order chi connectivity index (χ0) is 15.4. The van der Waals surface area contributed by atoms with Crippen LogP contribution in [0.1, 0.15) is 22.8 Å². The van der Waals surface area contributed by atoms with Gasteiger partial charge in [-0.3, -0.25) is 4.79 Å². The lowest BCUT2D eigenvalue weighted by Crippen LogP contribution is -2.14. The first kappa shape index (κ1) is 15.3. The van der Waals surface area contributed by atoms with Gasteiger partial charge in [-0.25, -0.2) is 4.39 Å². The third kappa shape index (κ3) is 3.52. The molecule has 3 nitrogen and oxygen atoms in total. The molecule has 0 aliphatic rings. The topological polar surface area (TPSA) is 38.3 Å². The summed E-state index contributed by atoms with van der Waals surface area (Å²) in [5.74, 6) is -0.483. The average molecular weight is 308 g/mol. The smallest absolute Gasteiger partial charge is 0.260 e. The Kier molecular flexibility index (Phi) is 4.81. The molecule has 110 valence electrons. The zero-order valence-electron chi connectivity index (χ0n) is 11.7. The monoisotopic (exact) mass is 307 g/mol. The van der Waals surface area contributed by atoms with E-state index in [2.05, 4.69) is 5.32 Å². The van der Waals surface area contributed by atoms with Crippen LogP contribution in [0.15, 0.2) is 36.4 Å². The highest BCUT2D eigenvalue weighted by Crippen LogP contribution is 2.24. The molecular weight excluding hydrogens is 293 g/mol. The van der Waals surface area contributed by atoms with Gasteiger partial charge in [0.05, 0.1) is 17.2 Å². The molecule has 0 radical (unpaired) electrons. The summed E-state index contributed by atoms with van der Waals surface area (Å²) >= 11 is 5.87. The van der Waals surface area contributed by atoms with E-state index in [1.54, 1.807) is 18.2 Å². The molecule has 0 aliphatic heterocycles. The summed E-state index contributed by atoms with van der Waals surface area (Å²) in [5.41, 5.74) is 1.28. The van der Waals surface area contributed by atoms with E-state index in [9.17, 15) is 9.18 Å². The van der Waals surface area contributed by atoms with Gasteiger partial charge >= 0.3 is 0 Å². The number of benzene rings is 2. The van der Waals surface area contributed by atoms with Crippen LogP contribution >= 0.6 is 11.6 Å². The highest BCUT2D eigenvalue weighted by atomic mass is 35.5. The van der Waals surface area contributed by atoms with Crippen molar-refractivity contribution in [3.63, 3.8) is 0 Å². The Bertz CT molecular complexity index is 653. The quantitative estimate of drug-likeness (QED) is 0.907. The van der Waals surface area contributed by atoms with Crippen LogP contribution in [0.2, 0.25) is 5.02 Å². The van der Waals surface area contributed by atoms with Gasteiger partial charge in [0.15, 0.2) is 0 Å². The minimum atomic E-state index is -0.650. The van der Waals surface area contributed by atoms with Crippen molar-refractivity contribution in [2.45, 2.75) is 13.8 Å². The second-order valence-electron chi connectivity index (χ2n) is 4.46. The molecule has 2 rings (SSSR count). The second-order valence-corrected chi connectivity index (χ2v) is 4.87. The minimum absolute atomic E-state index is 0.0789. The molecular formula is C16H15ClFNO2. The zero-order valence-corrected chi connectivity index (χ0v) is 12.5. The van der Waals surface area contributed by atoms with E-state index in [0.29, 0.717) is 12.3 Å². The highest BCUT2D eigenvalue weighted by molar-refractivity contribution is 6.34. The maximum Gasteiger partial charge on any atom is 0.260 e. The first-order valence-corrected chi connectivity index (χ1v) is 6.89. The summed E-state index contributed by atoms with van der Waals surface area (Å²) in [7, 11) is 0. The molecule has 2 aromatic carbocycles. The number of anilines is 1. The van der Waals surface area contributed by atoms with Gasteiger partial charge in [-0.1, -0.05) is 17.7 Å². The standard InChI is InChI=1S/C16H15ClFNO2/c1-3-21-14-8-7-11(9-10(14)2)19-16(20)15-12(17)5-4-6-13(15)18/h4-9H,3H2,1-2H3,(H,19,20). The third-order valence-electron chi connectivity index (χ3n) is 2.92. The Morgan fingerprint density at radius 2 is 2.10 bits per heavy atom. The fourth-order valence-corrected chi connectivity index (χ4v) is 2.20. The third-order valence-corrected chi connectivity index (χ3v) is 3.24. The van der Waals surface area contributed by atoms with Gasteiger partial charge in [-0.15, -0.1) is 0 Å². The molecule has 0 unspecified atom stereocenters. The molecule has 0 bridgehead atoms. The molecule has 0 saturated carbocycles. The molecule has 0 aliphatic carbocycles. The number of ether oxygens (including phenoxy) is 1. The molecule has 21 heavy (non-hydrogen) atoms. The number of halogens is 2. The summed E-state index contributed by atoms with van der Waals surface area (Å²) in [6.07, 6.45) is 0. The normalized spacial score (nSPS) is 10.3. The minimum Gasteiger partial charge on any atom is -0.494 e. The van der Waals surface area contributed by atoms with Crippen LogP contribution < -0.4 is 10.1 Å². The fraction of sp³-hybridized carbons (Fsp3) is 0.188. The largest absolute Gasteiger partial charge is 0.494 e. The molecule has 0 spiro atoms.